The van der Waals surface area contributed by atoms with Crippen LogP contribution in [-0.2, 0) is 85.4 Å². The highest BCUT2D eigenvalue weighted by Crippen LogP contribution is 2.69. The van der Waals surface area contributed by atoms with Crippen molar-refractivity contribution in [2.24, 2.45) is 40.4 Å². The van der Waals surface area contributed by atoms with Crippen molar-refractivity contribution < 1.29 is 95.6 Å². The Morgan fingerprint density at radius 3 is 1.72 bits per heavy atom. The van der Waals surface area contributed by atoms with Gasteiger partial charge in [-0.25, -0.2) is 4.79 Å². The molecule has 2 N–H and O–H groups in total. The van der Waals surface area contributed by atoms with Gasteiger partial charge in [-0.2, -0.15) is 0 Å². The number of carbonyl (C=O) groups is 2. The first kappa shape index (κ1) is 60.6. The van der Waals surface area contributed by atoms with E-state index in [2.05, 4.69) is 19.9 Å². The molecule has 458 valence electrons. The number of aliphatic hydroxyl groups excluding tert-OH is 1. The SMILES string of the molecule is C/C=C(\C)C(=O)O[C@@H]1CC2C(CC=C3C[C@@H](OC4OC5(C)C(OC6CC(OC)C(OC7CC(OC)C(OC8OC9(C)C(OC%10CC(OC)C(O)C(C)O%10)C(OC)C89)C(C)O7)C(C)O6)C(OC)C45)CC[C@@]32C)[C@@]2(O)CCC(C(C)=O)[C@@]12C. The van der Waals surface area contributed by atoms with Gasteiger partial charge < -0.3 is 86.0 Å². The molecular formula is C61H94O20. The smallest absolute Gasteiger partial charge is 0.333 e. The third-order valence-corrected chi connectivity index (χ3v) is 22.8. The topological polar surface area (TPSA) is 222 Å². The van der Waals surface area contributed by atoms with E-state index in [1.54, 1.807) is 62.4 Å². The monoisotopic (exact) mass is 1150 g/mol. The lowest BCUT2D eigenvalue weighted by atomic mass is 9.45. The normalized spacial score (nSPS) is 53.6. The van der Waals surface area contributed by atoms with Crippen LogP contribution in [0.4, 0.5) is 0 Å². The Hall–Kier alpha value is -2.06. The van der Waals surface area contributed by atoms with E-state index in [4.69, 9.17) is 75.8 Å². The van der Waals surface area contributed by atoms with Crippen LogP contribution in [-0.4, -0.2) is 197 Å². The zero-order valence-corrected chi connectivity index (χ0v) is 50.4. The lowest BCUT2D eigenvalue weighted by Gasteiger charge is -2.68. The van der Waals surface area contributed by atoms with E-state index < -0.39 is 121 Å². The van der Waals surface area contributed by atoms with Crippen LogP contribution < -0.4 is 0 Å². The molecule has 20 heteroatoms. The number of ether oxygens (including phenoxy) is 16. The number of hydrogen-bond donors (Lipinski definition) is 2. The number of hydrogen-bond acceptors (Lipinski definition) is 20. The van der Waals surface area contributed by atoms with Gasteiger partial charge in [-0.15, -0.1) is 0 Å². The van der Waals surface area contributed by atoms with Crippen LogP contribution in [0.5, 0.6) is 0 Å². The summed E-state index contributed by atoms with van der Waals surface area (Å²) in [5, 5.41) is 23.4. The highest BCUT2D eigenvalue weighted by atomic mass is 16.8. The van der Waals surface area contributed by atoms with Crippen molar-refractivity contribution in [3.63, 3.8) is 0 Å². The highest BCUT2D eigenvalue weighted by molar-refractivity contribution is 5.88. The van der Waals surface area contributed by atoms with E-state index in [1.807, 2.05) is 34.6 Å². The van der Waals surface area contributed by atoms with Crippen molar-refractivity contribution in [2.75, 3.05) is 35.5 Å². The Morgan fingerprint density at radius 1 is 0.642 bits per heavy atom. The fourth-order valence-electron chi connectivity index (χ4n) is 17.7. The van der Waals surface area contributed by atoms with Crippen molar-refractivity contribution in [1.82, 2.24) is 0 Å². The first-order valence-electron chi connectivity index (χ1n) is 30.1. The van der Waals surface area contributed by atoms with Crippen molar-refractivity contribution in [1.29, 1.82) is 0 Å². The molecule has 0 bridgehead atoms. The predicted molar refractivity (Wildman–Crippen MR) is 287 cm³/mol. The minimum atomic E-state index is -1.15. The molecule has 5 saturated carbocycles. The molecule has 0 aromatic heterocycles. The van der Waals surface area contributed by atoms with E-state index >= 15 is 0 Å². The van der Waals surface area contributed by atoms with E-state index in [0.29, 0.717) is 50.5 Å². The van der Waals surface area contributed by atoms with Crippen LogP contribution in [0.2, 0.25) is 0 Å². The van der Waals surface area contributed by atoms with Gasteiger partial charge in [0.25, 0.3) is 0 Å². The average molecular weight is 1150 g/mol. The molecule has 11 aliphatic rings. The molecule has 0 radical (unpaired) electrons. The molecule has 5 saturated heterocycles. The number of aliphatic hydroxyl groups is 2. The van der Waals surface area contributed by atoms with Crippen LogP contribution in [0.1, 0.15) is 133 Å². The Labute approximate surface area is 478 Å². The zero-order chi connectivity index (χ0) is 58.0. The summed E-state index contributed by atoms with van der Waals surface area (Å²) >= 11 is 0. The lowest BCUT2D eigenvalue weighted by Crippen LogP contribution is -2.83. The summed E-state index contributed by atoms with van der Waals surface area (Å²) in [5.41, 5.74) is -1.76. The number of ketones is 1. The Morgan fingerprint density at radius 2 is 1.17 bits per heavy atom. The summed E-state index contributed by atoms with van der Waals surface area (Å²) in [6.07, 6.45) is 0.829. The maximum absolute atomic E-state index is 13.4. The first-order valence-corrected chi connectivity index (χ1v) is 30.1. The van der Waals surface area contributed by atoms with Gasteiger partial charge in [-0.05, 0) is 118 Å². The van der Waals surface area contributed by atoms with Crippen molar-refractivity contribution in [2.45, 2.75) is 273 Å². The van der Waals surface area contributed by atoms with Gasteiger partial charge in [0.2, 0.25) is 0 Å². The van der Waals surface area contributed by atoms with Gasteiger partial charge in [0.15, 0.2) is 31.5 Å². The van der Waals surface area contributed by atoms with E-state index in [9.17, 15) is 19.8 Å². The molecule has 30 atom stereocenters. The number of methoxy groups -OCH3 is 5. The Balaban J connectivity index is 0.666. The lowest BCUT2D eigenvalue weighted by molar-refractivity contribution is -0.479. The minimum absolute atomic E-state index is 0.0408. The summed E-state index contributed by atoms with van der Waals surface area (Å²) in [6, 6.07) is 0. The summed E-state index contributed by atoms with van der Waals surface area (Å²) in [7, 11) is 8.26. The fraction of sp³-hybridized carbons (Fsp3) is 0.902. The van der Waals surface area contributed by atoms with Crippen LogP contribution >= 0.6 is 0 Å². The molecule has 81 heavy (non-hydrogen) atoms. The number of rotatable bonds is 18. The number of allylic oxidation sites excluding steroid dienone is 2. The van der Waals surface area contributed by atoms with Gasteiger partial charge in [-0.3, -0.25) is 4.79 Å². The molecule has 0 aromatic rings. The molecular weight excluding hydrogens is 1050 g/mol. The van der Waals surface area contributed by atoms with E-state index in [-0.39, 0.29) is 71.3 Å². The van der Waals surface area contributed by atoms with Gasteiger partial charge >= 0.3 is 5.97 Å². The highest BCUT2D eigenvalue weighted by Gasteiger charge is 2.76. The Bertz CT molecular complexity index is 2370. The molecule has 10 fully saturated rings. The van der Waals surface area contributed by atoms with Crippen LogP contribution in [0.15, 0.2) is 23.3 Å². The van der Waals surface area contributed by atoms with Crippen LogP contribution in [0, 0.1) is 40.4 Å². The molecule has 25 unspecified atom stereocenters. The van der Waals surface area contributed by atoms with Crippen LogP contribution in [0.3, 0.4) is 0 Å². The third-order valence-electron chi connectivity index (χ3n) is 22.8. The second-order valence-electron chi connectivity index (χ2n) is 26.5. The molecule has 11 rings (SSSR count). The number of Topliss-reactive ketones (excluding diaryl/α,β-unsaturated/α-hetero) is 1. The number of carbonyl (C=O) groups excluding carboxylic acids is 2. The molecule has 0 spiro atoms. The van der Waals surface area contributed by atoms with E-state index in [0.717, 1.165) is 19.3 Å². The first-order chi connectivity index (χ1) is 38.5. The van der Waals surface area contributed by atoms with Gasteiger partial charge in [-0.1, -0.05) is 31.6 Å². The molecule has 0 amide bonds. The number of esters is 1. The third kappa shape index (κ3) is 9.64. The van der Waals surface area contributed by atoms with Crippen molar-refractivity contribution >= 4 is 11.8 Å². The predicted octanol–water partition coefficient (Wildman–Crippen LogP) is 6.01. The summed E-state index contributed by atoms with van der Waals surface area (Å²) in [4.78, 5) is 26.6. The minimum Gasteiger partial charge on any atom is -0.458 e. The maximum atomic E-state index is 13.4. The van der Waals surface area contributed by atoms with Crippen molar-refractivity contribution in [3.05, 3.63) is 23.3 Å². The van der Waals surface area contributed by atoms with E-state index in [1.165, 1.54) is 5.57 Å². The molecule has 5 heterocycles. The largest absolute Gasteiger partial charge is 0.458 e. The quantitative estimate of drug-likeness (QED) is 0.0911. The summed E-state index contributed by atoms with van der Waals surface area (Å²) in [6.45, 7) is 19.2. The fourth-order valence-corrected chi connectivity index (χ4v) is 17.7. The Kier molecular flexibility index (Phi) is 16.9. The van der Waals surface area contributed by atoms with Crippen LogP contribution in [0.25, 0.3) is 0 Å². The number of fused-ring (bicyclic) bond motifs is 7. The molecule has 20 nitrogen and oxygen atoms in total. The molecule has 0 aromatic carbocycles. The molecule has 6 aliphatic carbocycles. The van der Waals surface area contributed by atoms with Gasteiger partial charge in [0, 0.05) is 71.7 Å². The van der Waals surface area contributed by atoms with Crippen molar-refractivity contribution in [3.8, 4) is 0 Å². The molecule has 5 aliphatic heterocycles. The second kappa shape index (κ2) is 22.6. The average Bonchev–Trinajstić information content (AvgIpc) is 2.20. The zero-order valence-electron chi connectivity index (χ0n) is 50.4. The van der Waals surface area contributed by atoms with Gasteiger partial charge in [0.05, 0.1) is 72.4 Å². The van der Waals surface area contributed by atoms with Gasteiger partial charge in [0.1, 0.15) is 53.6 Å². The summed E-state index contributed by atoms with van der Waals surface area (Å²) in [5.74, 6) is -0.898. The maximum Gasteiger partial charge on any atom is 0.333 e. The summed E-state index contributed by atoms with van der Waals surface area (Å²) < 4.78 is 102. The standard InChI is InChI=1S/C61H94O20/c1-16-28(2)54(64)75-41-24-37-36(61(65)22-20-35(29(3)62)58(41,61)8)18-17-33-23-34(19-21-57(33,37)7)74-55-45-50(69-14)52(59(45,9)80-55)78-44-27-39(67-12)48(31(5)73-44)76-42-26-40(68-13)49(32(6)72-42)79-56-46-51(70-15)53(60(46,10)81-56)77-43-25-38(66-11)47(63)30(4)71-43/h16-17,30-32,34-53,55-56,63,65H,18-27H2,1-15H3/b28-16+/t30?,31?,32?,34-,35?,36?,37?,38?,39?,40?,41+,42?,43?,44?,45?,46?,47?,48?,49?,50?,51?,52?,53?,55?,56?,57-,58-,59?,60?,61-/m0/s1. The second-order valence-corrected chi connectivity index (χ2v) is 26.5.